The summed E-state index contributed by atoms with van der Waals surface area (Å²) in [5, 5.41) is 20.9. The summed E-state index contributed by atoms with van der Waals surface area (Å²) >= 11 is 3.30. The molecule has 20 heavy (non-hydrogen) atoms. The molecule has 0 amide bonds. The summed E-state index contributed by atoms with van der Waals surface area (Å²) in [6.07, 6.45) is 0. The lowest BCUT2D eigenvalue weighted by Crippen LogP contribution is -2.01. The van der Waals surface area contributed by atoms with Crippen molar-refractivity contribution < 1.29 is 4.39 Å². The third-order valence-corrected chi connectivity index (χ3v) is 3.50. The van der Waals surface area contributed by atoms with Crippen molar-refractivity contribution in [2.24, 2.45) is 0 Å². The summed E-state index contributed by atoms with van der Waals surface area (Å²) in [6, 6.07) is 13.4. The molecule has 0 aromatic heterocycles. The molecule has 3 nitrogen and oxygen atoms in total. The minimum absolute atomic E-state index is 0.300. The molecule has 2 aromatic carbocycles. The normalized spacial score (nSPS) is 9.60. The minimum Gasteiger partial charge on any atom is -0.381 e. The number of nitrogens with one attached hydrogen (secondary N) is 1. The summed E-state index contributed by atoms with van der Waals surface area (Å²) in [5.74, 6) is -0.300. The van der Waals surface area contributed by atoms with Gasteiger partial charge < -0.3 is 5.32 Å². The van der Waals surface area contributed by atoms with Gasteiger partial charge >= 0.3 is 0 Å². The maximum atomic E-state index is 13.0. The van der Waals surface area contributed by atoms with Gasteiger partial charge in [0.25, 0.3) is 0 Å². The van der Waals surface area contributed by atoms with Crippen molar-refractivity contribution >= 4 is 21.6 Å². The first kappa shape index (κ1) is 14.0. The molecular formula is C15H9BrFN3. The molecule has 0 unspecified atom stereocenters. The Morgan fingerprint density at radius 3 is 2.45 bits per heavy atom. The number of nitriles is 2. The zero-order valence-electron chi connectivity index (χ0n) is 10.3. The Bertz CT molecular complexity index is 729. The third-order valence-electron chi connectivity index (χ3n) is 2.76. The quantitative estimate of drug-likeness (QED) is 0.927. The van der Waals surface area contributed by atoms with Crippen LogP contribution in [0, 0.1) is 28.5 Å². The lowest BCUT2D eigenvalue weighted by Gasteiger charge is -2.09. The number of benzene rings is 2. The van der Waals surface area contributed by atoms with Crippen LogP contribution in [0.15, 0.2) is 40.9 Å². The molecule has 2 rings (SSSR count). The Balaban J connectivity index is 2.16. The molecule has 0 spiro atoms. The predicted octanol–water partition coefficient (Wildman–Crippen LogP) is 3.94. The fraction of sp³-hybridized carbons (Fsp3) is 0.0667. The summed E-state index contributed by atoms with van der Waals surface area (Å²) < 4.78 is 13.7. The summed E-state index contributed by atoms with van der Waals surface area (Å²) in [6.45, 7) is 0.484. The highest BCUT2D eigenvalue weighted by Crippen LogP contribution is 2.20. The second-order valence-corrected chi connectivity index (χ2v) is 4.93. The molecule has 0 bridgehead atoms. The van der Waals surface area contributed by atoms with Gasteiger partial charge in [0.05, 0.1) is 11.1 Å². The van der Waals surface area contributed by atoms with E-state index < -0.39 is 0 Å². The van der Waals surface area contributed by atoms with E-state index in [-0.39, 0.29) is 5.82 Å². The van der Waals surface area contributed by atoms with Crippen molar-refractivity contribution in [3.63, 3.8) is 0 Å². The van der Waals surface area contributed by atoms with E-state index in [0.29, 0.717) is 22.1 Å². The minimum atomic E-state index is -0.300. The van der Waals surface area contributed by atoms with Gasteiger partial charge in [-0.2, -0.15) is 10.5 Å². The fourth-order valence-corrected chi connectivity index (χ4v) is 2.20. The summed E-state index contributed by atoms with van der Waals surface area (Å²) in [5.41, 5.74) is 2.31. The van der Waals surface area contributed by atoms with Crippen LogP contribution in [0.3, 0.4) is 0 Å². The van der Waals surface area contributed by atoms with Gasteiger partial charge in [0.15, 0.2) is 0 Å². The highest BCUT2D eigenvalue weighted by molar-refractivity contribution is 9.10. The molecule has 2 aromatic rings. The van der Waals surface area contributed by atoms with E-state index in [2.05, 4.69) is 21.2 Å². The largest absolute Gasteiger partial charge is 0.381 e. The van der Waals surface area contributed by atoms with E-state index in [1.807, 2.05) is 12.1 Å². The molecule has 0 saturated heterocycles. The molecule has 0 heterocycles. The third kappa shape index (κ3) is 3.14. The van der Waals surface area contributed by atoms with Crippen LogP contribution in [0.2, 0.25) is 0 Å². The van der Waals surface area contributed by atoms with Crippen LogP contribution >= 0.6 is 15.9 Å². The van der Waals surface area contributed by atoms with E-state index in [4.69, 9.17) is 10.5 Å². The van der Waals surface area contributed by atoms with Crippen molar-refractivity contribution in [3.05, 3.63) is 63.4 Å². The van der Waals surface area contributed by atoms with Crippen LogP contribution in [0.25, 0.3) is 0 Å². The first-order chi connectivity index (χ1) is 9.63. The van der Waals surface area contributed by atoms with Crippen LogP contribution in [0.1, 0.15) is 16.7 Å². The van der Waals surface area contributed by atoms with Crippen molar-refractivity contribution in [3.8, 4) is 12.1 Å². The van der Waals surface area contributed by atoms with Gasteiger partial charge in [-0.25, -0.2) is 4.39 Å². The van der Waals surface area contributed by atoms with Crippen LogP contribution in [0.5, 0.6) is 0 Å². The van der Waals surface area contributed by atoms with E-state index in [1.54, 1.807) is 24.3 Å². The predicted molar refractivity (Wildman–Crippen MR) is 77.3 cm³/mol. The Morgan fingerprint density at radius 2 is 1.80 bits per heavy atom. The van der Waals surface area contributed by atoms with Gasteiger partial charge in [-0.3, -0.25) is 0 Å². The molecule has 5 heteroatoms. The number of hydrogen-bond acceptors (Lipinski definition) is 3. The molecule has 0 saturated carbocycles. The van der Waals surface area contributed by atoms with Gasteiger partial charge in [0.1, 0.15) is 18.0 Å². The molecular weight excluding hydrogens is 321 g/mol. The molecule has 0 aliphatic rings. The Morgan fingerprint density at radius 1 is 1.05 bits per heavy atom. The van der Waals surface area contributed by atoms with Crippen molar-refractivity contribution in [2.75, 3.05) is 5.32 Å². The van der Waals surface area contributed by atoms with Gasteiger partial charge in [-0.15, -0.1) is 0 Å². The average molecular weight is 330 g/mol. The van der Waals surface area contributed by atoms with Gasteiger partial charge in [0.2, 0.25) is 0 Å². The first-order valence-electron chi connectivity index (χ1n) is 5.76. The molecule has 1 N–H and O–H groups in total. The molecule has 0 fully saturated rings. The van der Waals surface area contributed by atoms with E-state index in [0.717, 1.165) is 11.3 Å². The van der Waals surface area contributed by atoms with Crippen molar-refractivity contribution in [1.82, 2.24) is 0 Å². The zero-order chi connectivity index (χ0) is 14.5. The molecule has 98 valence electrons. The van der Waals surface area contributed by atoms with Crippen LogP contribution in [-0.2, 0) is 6.54 Å². The Kier molecular flexibility index (Phi) is 4.34. The van der Waals surface area contributed by atoms with Gasteiger partial charge in [-0.1, -0.05) is 22.0 Å². The monoisotopic (exact) mass is 329 g/mol. The number of halogens is 2. The topological polar surface area (TPSA) is 59.6 Å². The number of rotatable bonds is 3. The molecule has 0 aliphatic carbocycles. The van der Waals surface area contributed by atoms with Gasteiger partial charge in [-0.05, 0) is 35.9 Å². The smallest absolute Gasteiger partial charge is 0.124 e. The first-order valence-corrected chi connectivity index (χ1v) is 6.55. The van der Waals surface area contributed by atoms with E-state index >= 15 is 0 Å². The van der Waals surface area contributed by atoms with Crippen LogP contribution in [-0.4, -0.2) is 0 Å². The standard InChI is InChI=1S/C15H9BrFN3/c16-15-6-13(17)3-1-11(15)9-20-14-4-2-10(7-18)12(5-14)8-19/h1-6,20H,9H2. The highest BCUT2D eigenvalue weighted by Gasteiger charge is 2.04. The van der Waals surface area contributed by atoms with Crippen LogP contribution in [0.4, 0.5) is 10.1 Å². The Hall–Kier alpha value is -2.37. The second kappa shape index (κ2) is 6.18. The number of anilines is 1. The van der Waals surface area contributed by atoms with Crippen molar-refractivity contribution in [1.29, 1.82) is 10.5 Å². The average Bonchev–Trinajstić information content (AvgIpc) is 2.46. The molecule has 0 aliphatic heterocycles. The van der Waals surface area contributed by atoms with Crippen molar-refractivity contribution in [2.45, 2.75) is 6.54 Å². The molecule has 0 radical (unpaired) electrons. The molecule has 0 atom stereocenters. The van der Waals surface area contributed by atoms with Crippen LogP contribution < -0.4 is 5.32 Å². The Labute approximate surface area is 124 Å². The fourth-order valence-electron chi connectivity index (χ4n) is 1.71. The van der Waals surface area contributed by atoms with E-state index in [1.165, 1.54) is 12.1 Å². The van der Waals surface area contributed by atoms with E-state index in [9.17, 15) is 4.39 Å². The number of hydrogen-bond donors (Lipinski definition) is 1. The lowest BCUT2D eigenvalue weighted by molar-refractivity contribution is 0.626. The lowest BCUT2D eigenvalue weighted by atomic mass is 10.1. The second-order valence-electron chi connectivity index (χ2n) is 4.07. The SMILES string of the molecule is N#Cc1ccc(NCc2ccc(F)cc2Br)cc1C#N. The summed E-state index contributed by atoms with van der Waals surface area (Å²) in [7, 11) is 0. The van der Waals surface area contributed by atoms with Gasteiger partial charge in [0, 0.05) is 16.7 Å². The highest BCUT2D eigenvalue weighted by atomic mass is 79.9. The number of nitrogens with zero attached hydrogens (tertiary/aromatic N) is 2. The maximum absolute atomic E-state index is 13.0. The zero-order valence-corrected chi connectivity index (χ0v) is 11.9. The summed E-state index contributed by atoms with van der Waals surface area (Å²) in [4.78, 5) is 0. The maximum Gasteiger partial charge on any atom is 0.124 e.